The molecule has 1 saturated heterocycles. The predicted molar refractivity (Wildman–Crippen MR) is 75.6 cm³/mol. The highest BCUT2D eigenvalue weighted by Crippen LogP contribution is 2.62. The molecular formula is C17H28O3. The predicted octanol–water partition coefficient (Wildman–Crippen LogP) is 2.90. The lowest BCUT2D eigenvalue weighted by Gasteiger charge is -2.55. The van der Waals surface area contributed by atoms with Gasteiger partial charge >= 0.3 is 0 Å². The Kier molecular flexibility index (Phi) is 3.00. The van der Waals surface area contributed by atoms with E-state index >= 15 is 0 Å². The van der Waals surface area contributed by atoms with Crippen molar-refractivity contribution in [2.45, 2.75) is 64.3 Å². The molecule has 4 rings (SSSR count). The first-order valence-electron chi connectivity index (χ1n) is 8.57. The molecule has 0 aromatic carbocycles. The van der Waals surface area contributed by atoms with Gasteiger partial charge in [-0.3, -0.25) is 0 Å². The van der Waals surface area contributed by atoms with Crippen molar-refractivity contribution in [3.8, 4) is 0 Å². The highest BCUT2D eigenvalue weighted by Gasteiger charge is 2.55. The third-order valence-corrected chi connectivity index (χ3v) is 7.33. The Labute approximate surface area is 121 Å². The maximum Gasteiger partial charge on any atom is 0.278 e. The standard InChI is InChI=1S/C17H28O3/c1-16-7-2-3-15(16)13-5-4-11-10-20-17(18,19)9-14(11)12(13)6-8-16/h11-15,18-19H,2-10H2,1H3/t11?,12-,13+,14-,15-,16-/m0/s1. The van der Waals surface area contributed by atoms with Gasteiger partial charge in [-0.2, -0.15) is 0 Å². The van der Waals surface area contributed by atoms with Gasteiger partial charge in [0.05, 0.1) is 6.61 Å². The highest BCUT2D eigenvalue weighted by molar-refractivity contribution is 5.03. The van der Waals surface area contributed by atoms with Crippen molar-refractivity contribution in [3.05, 3.63) is 0 Å². The molecule has 0 radical (unpaired) electrons. The van der Waals surface area contributed by atoms with Crippen molar-refractivity contribution in [3.63, 3.8) is 0 Å². The lowest BCUT2D eigenvalue weighted by molar-refractivity contribution is -0.375. The molecule has 4 fully saturated rings. The van der Waals surface area contributed by atoms with Gasteiger partial charge in [0.25, 0.3) is 5.97 Å². The van der Waals surface area contributed by atoms with Crippen LogP contribution in [-0.4, -0.2) is 22.8 Å². The van der Waals surface area contributed by atoms with E-state index in [0.29, 0.717) is 36.2 Å². The van der Waals surface area contributed by atoms with Gasteiger partial charge in [-0.25, -0.2) is 0 Å². The van der Waals surface area contributed by atoms with Crippen LogP contribution in [0.3, 0.4) is 0 Å². The first kappa shape index (κ1) is 13.5. The number of hydrogen-bond donors (Lipinski definition) is 2. The summed E-state index contributed by atoms with van der Waals surface area (Å²) in [6, 6.07) is 0. The van der Waals surface area contributed by atoms with Crippen molar-refractivity contribution in [1.82, 2.24) is 0 Å². The molecular weight excluding hydrogens is 252 g/mol. The molecule has 114 valence electrons. The van der Waals surface area contributed by atoms with Crippen LogP contribution in [-0.2, 0) is 4.74 Å². The summed E-state index contributed by atoms with van der Waals surface area (Å²) >= 11 is 0. The second-order valence-corrected chi connectivity index (χ2v) is 8.28. The normalized spacial score (nSPS) is 53.9. The van der Waals surface area contributed by atoms with Crippen molar-refractivity contribution in [2.24, 2.45) is 35.0 Å². The molecule has 0 bridgehead atoms. The number of aliphatic hydroxyl groups is 2. The number of hydrogen-bond acceptors (Lipinski definition) is 3. The van der Waals surface area contributed by atoms with Crippen molar-refractivity contribution >= 4 is 0 Å². The summed E-state index contributed by atoms with van der Waals surface area (Å²) < 4.78 is 5.23. The quantitative estimate of drug-likeness (QED) is 0.671. The fraction of sp³-hybridized carbons (Fsp3) is 1.00. The second kappa shape index (κ2) is 4.44. The Hall–Kier alpha value is -0.120. The highest BCUT2D eigenvalue weighted by atomic mass is 16.8. The molecule has 3 nitrogen and oxygen atoms in total. The molecule has 3 aliphatic carbocycles. The molecule has 1 unspecified atom stereocenters. The van der Waals surface area contributed by atoms with Gasteiger partial charge in [0.2, 0.25) is 0 Å². The van der Waals surface area contributed by atoms with Gasteiger partial charge < -0.3 is 14.9 Å². The van der Waals surface area contributed by atoms with E-state index in [1.165, 1.54) is 44.9 Å². The van der Waals surface area contributed by atoms with E-state index < -0.39 is 5.97 Å². The van der Waals surface area contributed by atoms with Crippen molar-refractivity contribution in [2.75, 3.05) is 6.61 Å². The van der Waals surface area contributed by atoms with E-state index in [1.54, 1.807) is 0 Å². The molecule has 2 N–H and O–H groups in total. The van der Waals surface area contributed by atoms with Gasteiger partial charge in [-0.15, -0.1) is 0 Å². The zero-order valence-electron chi connectivity index (χ0n) is 12.6. The van der Waals surface area contributed by atoms with Crippen molar-refractivity contribution < 1.29 is 14.9 Å². The summed E-state index contributed by atoms with van der Waals surface area (Å²) in [5, 5.41) is 19.8. The monoisotopic (exact) mass is 280 g/mol. The van der Waals surface area contributed by atoms with E-state index in [4.69, 9.17) is 4.74 Å². The van der Waals surface area contributed by atoms with E-state index in [2.05, 4.69) is 6.92 Å². The lowest BCUT2D eigenvalue weighted by atomic mass is 9.52. The van der Waals surface area contributed by atoms with E-state index in [1.807, 2.05) is 0 Å². The van der Waals surface area contributed by atoms with E-state index in [-0.39, 0.29) is 0 Å². The lowest BCUT2D eigenvalue weighted by Crippen LogP contribution is -2.52. The average molecular weight is 280 g/mol. The number of fused-ring (bicyclic) bond motifs is 5. The zero-order valence-corrected chi connectivity index (χ0v) is 12.6. The summed E-state index contributed by atoms with van der Waals surface area (Å²) in [7, 11) is 0. The fourth-order valence-corrected chi connectivity index (χ4v) is 6.36. The average Bonchev–Trinajstić information content (AvgIpc) is 2.79. The Morgan fingerprint density at radius 3 is 2.65 bits per heavy atom. The van der Waals surface area contributed by atoms with Crippen LogP contribution < -0.4 is 0 Å². The summed E-state index contributed by atoms with van der Waals surface area (Å²) in [5.74, 6) is 1.63. The minimum Gasteiger partial charge on any atom is -0.343 e. The van der Waals surface area contributed by atoms with Crippen molar-refractivity contribution in [1.29, 1.82) is 0 Å². The van der Waals surface area contributed by atoms with Gasteiger partial charge in [0, 0.05) is 6.42 Å². The first-order chi connectivity index (χ1) is 9.49. The minimum atomic E-state index is -1.86. The fourth-order valence-electron chi connectivity index (χ4n) is 6.36. The van der Waals surface area contributed by atoms with Crippen LogP contribution in [0.1, 0.15) is 58.3 Å². The summed E-state index contributed by atoms with van der Waals surface area (Å²) in [5.41, 5.74) is 0.592. The van der Waals surface area contributed by atoms with Crippen LogP contribution in [0.15, 0.2) is 0 Å². The molecule has 3 heteroatoms. The summed E-state index contributed by atoms with van der Waals surface area (Å²) in [6.07, 6.45) is 9.90. The molecule has 1 aliphatic heterocycles. The molecule has 3 saturated carbocycles. The molecule has 0 aromatic rings. The number of rotatable bonds is 0. The molecule has 6 atom stereocenters. The van der Waals surface area contributed by atoms with Gasteiger partial charge in [-0.05, 0) is 73.5 Å². The SMILES string of the molecule is C[C@@]12CCC[C@H]1[C@@H]1CCC3COC(O)(O)C[C@@H]3[C@H]1CC2. The smallest absolute Gasteiger partial charge is 0.278 e. The molecule has 1 heterocycles. The van der Waals surface area contributed by atoms with Gasteiger partial charge in [-0.1, -0.05) is 13.3 Å². The molecule has 0 spiro atoms. The van der Waals surface area contributed by atoms with Crippen LogP contribution in [0.25, 0.3) is 0 Å². The summed E-state index contributed by atoms with van der Waals surface area (Å²) in [6.45, 7) is 3.06. The number of ether oxygens (including phenoxy) is 1. The maximum absolute atomic E-state index is 9.88. The molecule has 0 amide bonds. The largest absolute Gasteiger partial charge is 0.343 e. The Morgan fingerprint density at radius 2 is 1.80 bits per heavy atom. The third kappa shape index (κ3) is 1.97. The van der Waals surface area contributed by atoms with Crippen LogP contribution in [0, 0.1) is 35.0 Å². The third-order valence-electron chi connectivity index (χ3n) is 7.33. The molecule has 0 aromatic heterocycles. The first-order valence-corrected chi connectivity index (χ1v) is 8.57. The van der Waals surface area contributed by atoms with Gasteiger partial charge in [0.1, 0.15) is 0 Å². The zero-order chi connectivity index (χ0) is 14.0. The molecule has 4 aliphatic rings. The van der Waals surface area contributed by atoms with Gasteiger partial charge in [0.15, 0.2) is 0 Å². The van der Waals surface area contributed by atoms with E-state index in [9.17, 15) is 10.2 Å². The maximum atomic E-state index is 9.88. The minimum absolute atomic E-state index is 0.433. The summed E-state index contributed by atoms with van der Waals surface area (Å²) in [4.78, 5) is 0. The second-order valence-electron chi connectivity index (χ2n) is 8.28. The molecule has 20 heavy (non-hydrogen) atoms. The topological polar surface area (TPSA) is 49.7 Å². The van der Waals surface area contributed by atoms with Crippen LogP contribution >= 0.6 is 0 Å². The van der Waals surface area contributed by atoms with Crippen LogP contribution in [0.5, 0.6) is 0 Å². The van der Waals surface area contributed by atoms with Crippen LogP contribution in [0.2, 0.25) is 0 Å². The Morgan fingerprint density at radius 1 is 0.950 bits per heavy atom. The Bertz CT molecular complexity index is 392. The Balaban J connectivity index is 1.58. The van der Waals surface area contributed by atoms with E-state index in [0.717, 1.165) is 11.8 Å². The van der Waals surface area contributed by atoms with Crippen LogP contribution in [0.4, 0.5) is 0 Å².